The van der Waals surface area contributed by atoms with Crippen LogP contribution in [-0.2, 0) is 5.88 Å². The fraction of sp³-hybridized carbons (Fsp3) is 0.250. The molecule has 1 aromatic carbocycles. The van der Waals surface area contributed by atoms with Gasteiger partial charge in [-0.05, 0) is 6.07 Å². The van der Waals surface area contributed by atoms with Gasteiger partial charge in [0, 0.05) is 11.6 Å². The molecule has 0 heterocycles. The summed E-state index contributed by atoms with van der Waals surface area (Å²) >= 11 is 5.38. The number of non-ortho nitro benzene ring substituents is 1. The summed E-state index contributed by atoms with van der Waals surface area (Å²) in [7, 11) is 0. The maximum absolute atomic E-state index is 12.0. The predicted octanol–water partition coefficient (Wildman–Crippen LogP) is 3.23. The average Bonchev–Trinajstić information content (AvgIpc) is 2.15. The Morgan fingerprint density at radius 3 is 2.50 bits per heavy atom. The highest BCUT2D eigenvalue weighted by Crippen LogP contribution is 2.30. The van der Waals surface area contributed by atoms with Gasteiger partial charge < -0.3 is 4.74 Å². The summed E-state index contributed by atoms with van der Waals surface area (Å²) < 4.78 is 39.5. The summed E-state index contributed by atoms with van der Waals surface area (Å²) in [6.45, 7) is 0. The standard InChI is InChI=1S/C8H5ClF3NO3/c9-4-5-1-2-6(13(14)15)3-7(5)16-8(10,11)12/h1-3H,4H2. The van der Waals surface area contributed by atoms with E-state index in [0.29, 0.717) is 6.07 Å². The van der Waals surface area contributed by atoms with Gasteiger partial charge in [-0.25, -0.2) is 0 Å². The van der Waals surface area contributed by atoms with Crippen LogP contribution < -0.4 is 4.74 Å². The lowest BCUT2D eigenvalue weighted by Gasteiger charge is -2.11. The topological polar surface area (TPSA) is 52.4 Å². The Labute approximate surface area is 92.7 Å². The maximum Gasteiger partial charge on any atom is 0.573 e. The molecule has 88 valence electrons. The molecule has 0 amide bonds. The minimum atomic E-state index is -4.91. The van der Waals surface area contributed by atoms with Crippen LogP contribution in [-0.4, -0.2) is 11.3 Å². The van der Waals surface area contributed by atoms with Crippen molar-refractivity contribution in [3.05, 3.63) is 33.9 Å². The Bertz CT molecular complexity index is 408. The second kappa shape index (κ2) is 4.56. The van der Waals surface area contributed by atoms with Crippen molar-refractivity contribution < 1.29 is 22.8 Å². The third-order valence-electron chi connectivity index (χ3n) is 1.63. The van der Waals surface area contributed by atoms with Crippen molar-refractivity contribution >= 4 is 17.3 Å². The number of hydrogen-bond donors (Lipinski definition) is 0. The second-order valence-electron chi connectivity index (χ2n) is 2.73. The van der Waals surface area contributed by atoms with Gasteiger partial charge in [-0.15, -0.1) is 24.8 Å². The fourth-order valence-electron chi connectivity index (χ4n) is 0.987. The molecule has 1 rings (SSSR count). The van der Waals surface area contributed by atoms with Crippen molar-refractivity contribution in [1.82, 2.24) is 0 Å². The first-order chi connectivity index (χ1) is 7.33. The minimum Gasteiger partial charge on any atom is -0.405 e. The molecule has 4 nitrogen and oxygen atoms in total. The fourth-order valence-corrected chi connectivity index (χ4v) is 1.21. The Morgan fingerprint density at radius 1 is 1.44 bits per heavy atom. The van der Waals surface area contributed by atoms with Crippen molar-refractivity contribution in [2.24, 2.45) is 0 Å². The number of nitro groups is 1. The number of benzene rings is 1. The molecule has 0 aliphatic rings. The molecule has 8 heteroatoms. The highest BCUT2D eigenvalue weighted by Gasteiger charge is 2.32. The van der Waals surface area contributed by atoms with Gasteiger partial charge in [-0.2, -0.15) is 0 Å². The predicted molar refractivity (Wildman–Crippen MR) is 49.3 cm³/mol. The van der Waals surface area contributed by atoms with Gasteiger partial charge in [0.25, 0.3) is 5.69 Å². The number of hydrogen-bond acceptors (Lipinski definition) is 3. The molecule has 0 saturated carbocycles. The summed E-state index contributed by atoms with van der Waals surface area (Å²) in [5.41, 5.74) is -0.460. The molecule has 0 aliphatic carbocycles. The van der Waals surface area contributed by atoms with Gasteiger partial charge in [0.1, 0.15) is 5.75 Å². The average molecular weight is 256 g/mol. The molecule has 0 aromatic heterocycles. The quantitative estimate of drug-likeness (QED) is 0.473. The van der Waals surface area contributed by atoms with Crippen LogP contribution in [0.5, 0.6) is 5.75 Å². The van der Waals surface area contributed by atoms with Gasteiger partial charge in [0.15, 0.2) is 0 Å². The molecule has 1 aromatic rings. The molecular weight excluding hydrogens is 251 g/mol. The van der Waals surface area contributed by atoms with Crippen LogP contribution in [0.3, 0.4) is 0 Å². The summed E-state index contributed by atoms with van der Waals surface area (Å²) in [5, 5.41) is 10.4. The Balaban J connectivity index is 3.12. The molecule has 0 fully saturated rings. The van der Waals surface area contributed by atoms with Crippen molar-refractivity contribution in [1.29, 1.82) is 0 Å². The molecule has 0 radical (unpaired) electrons. The van der Waals surface area contributed by atoms with Crippen molar-refractivity contribution in [3.8, 4) is 5.75 Å². The molecule has 0 atom stereocenters. The minimum absolute atomic E-state index is 0.0320. The van der Waals surface area contributed by atoms with Gasteiger partial charge >= 0.3 is 6.36 Å². The van der Waals surface area contributed by atoms with Crippen LogP contribution >= 0.6 is 11.6 Å². The summed E-state index contributed by atoms with van der Waals surface area (Å²) in [4.78, 5) is 9.54. The van der Waals surface area contributed by atoms with Crippen LogP contribution in [0.15, 0.2) is 18.2 Å². The van der Waals surface area contributed by atoms with Gasteiger partial charge in [0.05, 0.1) is 16.9 Å². The van der Waals surface area contributed by atoms with Crippen LogP contribution in [0.4, 0.5) is 18.9 Å². The highest BCUT2D eigenvalue weighted by atomic mass is 35.5. The van der Waals surface area contributed by atoms with E-state index in [2.05, 4.69) is 4.74 Å². The summed E-state index contributed by atoms with van der Waals surface area (Å²) in [5.74, 6) is -0.889. The van der Waals surface area contributed by atoms with Crippen LogP contribution in [0.25, 0.3) is 0 Å². The van der Waals surface area contributed by atoms with E-state index in [0.717, 1.165) is 12.1 Å². The zero-order valence-electron chi connectivity index (χ0n) is 7.62. The second-order valence-corrected chi connectivity index (χ2v) is 3.00. The normalized spacial score (nSPS) is 11.2. The molecule has 0 spiro atoms. The molecule has 0 aliphatic heterocycles. The molecule has 0 N–H and O–H groups in total. The lowest BCUT2D eigenvalue weighted by molar-refractivity contribution is -0.385. The Hall–Kier alpha value is -1.50. The number of alkyl halides is 4. The smallest absolute Gasteiger partial charge is 0.405 e. The molecular formula is C8H5ClF3NO3. The van der Waals surface area contributed by atoms with Crippen molar-refractivity contribution in [3.63, 3.8) is 0 Å². The number of nitrogens with zero attached hydrogens (tertiary/aromatic N) is 1. The summed E-state index contributed by atoms with van der Waals surface area (Å²) in [6.07, 6.45) is -4.91. The Kier molecular flexibility index (Phi) is 3.58. The number of halogens is 4. The Morgan fingerprint density at radius 2 is 2.06 bits per heavy atom. The van der Waals surface area contributed by atoms with E-state index in [4.69, 9.17) is 11.6 Å². The van der Waals surface area contributed by atoms with Crippen LogP contribution in [0, 0.1) is 10.1 Å². The van der Waals surface area contributed by atoms with Crippen molar-refractivity contribution in [2.75, 3.05) is 0 Å². The van der Waals surface area contributed by atoms with Crippen LogP contribution in [0.2, 0.25) is 0 Å². The molecule has 0 saturated heterocycles. The monoisotopic (exact) mass is 255 g/mol. The molecule has 0 unspecified atom stereocenters. The SMILES string of the molecule is O=[N+]([O-])c1ccc(CCl)c(OC(F)(F)F)c1. The maximum atomic E-state index is 12.0. The first-order valence-corrected chi connectivity index (χ1v) is 4.46. The van der Waals surface area contributed by atoms with E-state index >= 15 is 0 Å². The van der Waals surface area contributed by atoms with Gasteiger partial charge in [-0.1, -0.05) is 0 Å². The van der Waals surface area contributed by atoms with E-state index in [-0.39, 0.29) is 11.4 Å². The van der Waals surface area contributed by atoms with E-state index in [9.17, 15) is 23.3 Å². The number of ether oxygens (including phenoxy) is 1. The molecule has 0 bridgehead atoms. The first-order valence-electron chi connectivity index (χ1n) is 3.92. The highest BCUT2D eigenvalue weighted by molar-refractivity contribution is 6.17. The molecule has 16 heavy (non-hydrogen) atoms. The van der Waals surface area contributed by atoms with E-state index in [1.165, 1.54) is 0 Å². The van der Waals surface area contributed by atoms with E-state index in [1.54, 1.807) is 0 Å². The van der Waals surface area contributed by atoms with Gasteiger partial charge in [-0.3, -0.25) is 10.1 Å². The van der Waals surface area contributed by atoms with E-state index < -0.39 is 22.7 Å². The summed E-state index contributed by atoms with van der Waals surface area (Å²) in [6, 6.07) is 2.86. The lowest BCUT2D eigenvalue weighted by atomic mass is 10.2. The zero-order valence-corrected chi connectivity index (χ0v) is 8.38. The van der Waals surface area contributed by atoms with E-state index in [1.807, 2.05) is 0 Å². The van der Waals surface area contributed by atoms with Gasteiger partial charge in [0.2, 0.25) is 0 Å². The lowest BCUT2D eigenvalue weighted by Crippen LogP contribution is -2.18. The first kappa shape index (κ1) is 12.6. The number of rotatable bonds is 3. The largest absolute Gasteiger partial charge is 0.573 e. The number of nitro benzene ring substituents is 1. The third-order valence-corrected chi connectivity index (χ3v) is 1.92. The zero-order chi connectivity index (χ0) is 12.3. The van der Waals surface area contributed by atoms with Crippen LogP contribution in [0.1, 0.15) is 5.56 Å². The van der Waals surface area contributed by atoms with Crippen molar-refractivity contribution in [2.45, 2.75) is 12.2 Å². The third kappa shape index (κ3) is 3.27.